The molecule has 12 heterocycles. The lowest BCUT2D eigenvalue weighted by Gasteiger charge is -2.62. The van der Waals surface area contributed by atoms with Gasteiger partial charge in [0.15, 0.2) is 35.7 Å². The lowest BCUT2D eigenvalue weighted by atomic mass is 9.56. The largest absolute Gasteiger partial charge is 0.481 e. The SMILES string of the molecule is C[C@@H]1CC[C@H]2[C@@H](C)[C@](N)(C(F)(F)F)O[C@@H]3O[C@]4(C)CC[C@@H]1C32OO4.C[C@@H]1CC[C@H]2[C@@H](C)[C@](OC(=O)CCC(=O)O)(C(F)(F)F)O[C@@H]3O[C@]4(C)CC[C@@H]1C32OO4.C[C@@H]1CC[C@H]2[C@@H](C)[C@](OCCO)(C(F)(F)F)O[C@@H]3O[C@]4(C)CC[C@@H]1C32OO4. The van der Waals surface area contributed by atoms with E-state index in [4.69, 9.17) is 83.2 Å². The Morgan fingerprint density at radius 3 is 1.22 bits per heavy atom. The number of nitrogens with two attached hydrogens (primary N) is 1. The Morgan fingerprint density at radius 2 is 0.854 bits per heavy atom. The molecule has 24 atom stereocenters. The van der Waals surface area contributed by atoms with Crippen molar-refractivity contribution >= 4 is 11.9 Å². The minimum absolute atomic E-state index is 0.0193. The Kier molecular flexibility index (Phi) is 16.0. The molecule has 0 aromatic rings. The first kappa shape index (κ1) is 62.8. The highest BCUT2D eigenvalue weighted by molar-refractivity contribution is 5.76. The number of aliphatic carboxylic acids is 1. The van der Waals surface area contributed by atoms with Gasteiger partial charge >= 0.3 is 36.3 Å². The number of hydrogen-bond acceptors (Lipinski definition) is 18. The van der Waals surface area contributed by atoms with Gasteiger partial charge in [0.25, 0.3) is 5.79 Å². The van der Waals surface area contributed by atoms with Gasteiger partial charge in [-0.1, -0.05) is 41.5 Å². The van der Waals surface area contributed by atoms with Gasteiger partial charge < -0.3 is 43.4 Å². The minimum atomic E-state index is -5.08. The second-order valence-electron chi connectivity index (χ2n) is 26.0. The second-order valence-corrected chi connectivity index (χ2v) is 26.0. The highest BCUT2D eigenvalue weighted by Crippen LogP contribution is 2.68. The molecule has 6 bridgehead atoms. The van der Waals surface area contributed by atoms with Crippen LogP contribution >= 0.6 is 0 Å². The van der Waals surface area contributed by atoms with Crippen LogP contribution in [0.4, 0.5) is 39.5 Å². The summed E-state index contributed by atoms with van der Waals surface area (Å²) in [5, 5.41) is 17.8. The number of alkyl halides is 9. The van der Waals surface area contributed by atoms with Crippen LogP contribution in [-0.4, -0.2) is 124 Å². The molecule has 3 unspecified atom stereocenters. The smallest absolute Gasteiger partial charge is 0.455 e. The average molecular weight is 1200 g/mol. The summed E-state index contributed by atoms with van der Waals surface area (Å²) >= 11 is 0. The average Bonchev–Trinajstić information content (AvgIpc) is 2.64. The van der Waals surface area contributed by atoms with Gasteiger partial charge in [-0.15, -0.1) is 0 Å². The van der Waals surface area contributed by atoms with Crippen LogP contribution in [0.1, 0.15) is 152 Å². The number of halogens is 9. The molecule has 3 saturated carbocycles. The molecule has 28 heteroatoms. The topological polar surface area (TPSA) is 230 Å². The van der Waals surface area contributed by atoms with Crippen LogP contribution in [-0.2, 0) is 76.8 Å². The number of carboxylic acid groups (broad SMARTS) is 1. The Morgan fingerprint density at radius 1 is 0.488 bits per heavy atom. The van der Waals surface area contributed by atoms with Gasteiger partial charge in [-0.05, 0) is 114 Å². The van der Waals surface area contributed by atoms with Crippen LogP contribution in [0.15, 0.2) is 0 Å². The van der Waals surface area contributed by atoms with E-state index in [2.05, 4.69) is 13.8 Å². The monoisotopic (exact) mass is 1200 g/mol. The zero-order valence-corrected chi connectivity index (χ0v) is 47.4. The van der Waals surface area contributed by atoms with Crippen molar-refractivity contribution < 1.29 is 127 Å². The summed E-state index contributed by atoms with van der Waals surface area (Å²) in [6.07, 6.45) is -12.4. The molecule has 15 fully saturated rings. The molecule has 4 N–H and O–H groups in total. The normalized spacial score (nSPS) is 51.7. The van der Waals surface area contributed by atoms with Crippen LogP contribution in [0.2, 0.25) is 0 Å². The molecule has 19 nitrogen and oxygen atoms in total. The first-order valence-corrected chi connectivity index (χ1v) is 28.8. The predicted molar refractivity (Wildman–Crippen MR) is 256 cm³/mol. The molecular weight excluding hydrogens is 1120 g/mol. The van der Waals surface area contributed by atoms with Crippen LogP contribution < -0.4 is 5.73 Å². The molecule has 15 aliphatic rings. The molecule has 15 rings (SSSR count). The van der Waals surface area contributed by atoms with Crippen molar-refractivity contribution in [2.45, 2.75) is 241 Å². The lowest BCUT2D eigenvalue weighted by molar-refractivity contribution is -0.599. The van der Waals surface area contributed by atoms with Crippen molar-refractivity contribution in [3.8, 4) is 0 Å². The Labute approximate surface area is 468 Å². The zero-order valence-electron chi connectivity index (χ0n) is 47.4. The molecule has 12 saturated heterocycles. The van der Waals surface area contributed by atoms with Gasteiger partial charge in [-0.3, -0.25) is 20.1 Å². The van der Waals surface area contributed by atoms with Gasteiger partial charge in [-0.2, -0.15) is 39.5 Å². The maximum Gasteiger partial charge on any atom is 0.455 e. The molecule has 0 radical (unpaired) electrons. The zero-order chi connectivity index (χ0) is 60.0. The summed E-state index contributed by atoms with van der Waals surface area (Å²) in [7, 11) is 0. The third-order valence-electron chi connectivity index (χ3n) is 21.3. The third kappa shape index (κ3) is 9.47. The number of hydrogen-bond donors (Lipinski definition) is 3. The summed E-state index contributed by atoms with van der Waals surface area (Å²) in [5.74, 6) is -16.8. The van der Waals surface area contributed by atoms with Crippen LogP contribution in [0.3, 0.4) is 0 Å². The summed E-state index contributed by atoms with van der Waals surface area (Å²) in [4.78, 5) is 57.2. The summed E-state index contributed by atoms with van der Waals surface area (Å²) < 4.78 is 171. The van der Waals surface area contributed by atoms with Crippen molar-refractivity contribution in [3.63, 3.8) is 0 Å². The molecule has 3 spiro atoms. The second kappa shape index (κ2) is 20.9. The first-order chi connectivity index (χ1) is 38.0. The summed E-state index contributed by atoms with van der Waals surface area (Å²) in [6.45, 7) is 14.4. The lowest BCUT2D eigenvalue weighted by Crippen LogP contribution is -2.77. The molecule has 0 aromatic heterocycles. The molecule has 12 aliphatic heterocycles. The number of carbonyl (C=O) groups excluding carboxylic acids is 1. The van der Waals surface area contributed by atoms with Crippen molar-refractivity contribution in [2.24, 2.45) is 76.7 Å². The molecular formula is C54H78F9NO18. The van der Waals surface area contributed by atoms with Gasteiger partial charge in [-0.25, -0.2) is 29.3 Å². The van der Waals surface area contributed by atoms with Crippen LogP contribution in [0.5, 0.6) is 0 Å². The maximum absolute atomic E-state index is 14.5. The number of aliphatic hydroxyl groups is 1. The van der Waals surface area contributed by atoms with E-state index in [1.54, 1.807) is 20.8 Å². The van der Waals surface area contributed by atoms with Gasteiger partial charge in [0.05, 0.1) is 26.1 Å². The van der Waals surface area contributed by atoms with E-state index in [-0.39, 0.29) is 29.6 Å². The molecule has 82 heavy (non-hydrogen) atoms. The molecule has 0 aromatic carbocycles. The van der Waals surface area contributed by atoms with Gasteiger partial charge in [0.1, 0.15) is 0 Å². The molecule has 3 aliphatic carbocycles. The highest BCUT2D eigenvalue weighted by Gasteiger charge is 2.81. The van der Waals surface area contributed by atoms with Crippen molar-refractivity contribution in [2.75, 3.05) is 13.2 Å². The summed E-state index contributed by atoms with van der Waals surface area (Å²) in [5.41, 5.74) is -0.365. The third-order valence-corrected chi connectivity index (χ3v) is 21.3. The number of carboxylic acids is 1. The van der Waals surface area contributed by atoms with E-state index >= 15 is 0 Å². The maximum atomic E-state index is 14.5. The van der Waals surface area contributed by atoms with E-state index in [0.29, 0.717) is 57.3 Å². The Bertz CT molecular complexity index is 2400. The van der Waals surface area contributed by atoms with Gasteiger partial charge in [0.2, 0.25) is 23.1 Å². The van der Waals surface area contributed by atoms with Crippen LogP contribution in [0, 0.1) is 71.0 Å². The standard InChI is InChI=1S/C20H27F3O8.C18H27F3O6.C16H24F3NO4/c1-10-4-5-13-11(2)19(20(21,22)23,27-15(26)7-6-14(24)25)29-16-18(13)12(10)8-9-17(3,28-16)30-31-18;1-10-4-5-13-11(2)17(18(19,20)21,23-9-8-22)25-14-16(13)12(10)6-7-15(3,24-14)26-27-16;1-8-4-5-11-9(2)15(20,16(17,18)19)22-12-14(11)10(8)6-7-13(3,21-12)23-24-14/h10-13,16H,4-9H2,1-3H3,(H,24,25);10-14,22H,4-9H2,1-3H3;8-12H,4-7,20H2,1-3H3/t10-,11-,12+,13+,16+,17+,18?,19-;10-,11-,12+,13+,14+,15+,16?,17-;8-,9-,10+,11+,12+,13+,14?,15-/m111/s1. The quantitative estimate of drug-likeness (QED) is 0.122. The van der Waals surface area contributed by atoms with Crippen molar-refractivity contribution in [1.29, 1.82) is 0 Å². The highest BCUT2D eigenvalue weighted by atomic mass is 19.4. The van der Waals surface area contributed by atoms with E-state index in [9.17, 15) is 49.1 Å². The number of rotatable bonds is 7. The van der Waals surface area contributed by atoms with E-state index in [1.165, 1.54) is 20.8 Å². The Balaban J connectivity index is 0.000000139. The number of esters is 1. The van der Waals surface area contributed by atoms with E-state index < -0.39 is 162 Å². The fourth-order valence-electron chi connectivity index (χ4n) is 16.8. The minimum Gasteiger partial charge on any atom is -0.481 e. The Hall–Kier alpha value is -2.29. The molecule has 470 valence electrons. The van der Waals surface area contributed by atoms with Crippen molar-refractivity contribution in [3.05, 3.63) is 0 Å². The number of fused-ring (bicyclic) bond motifs is 6. The van der Waals surface area contributed by atoms with E-state index in [0.717, 1.165) is 25.7 Å². The summed E-state index contributed by atoms with van der Waals surface area (Å²) in [6, 6.07) is 0. The number of ether oxygens (including phenoxy) is 8. The fourth-order valence-corrected chi connectivity index (χ4v) is 16.8. The predicted octanol–water partition coefficient (Wildman–Crippen LogP) is 9.76. The van der Waals surface area contributed by atoms with Gasteiger partial charge in [0, 0.05) is 54.8 Å². The van der Waals surface area contributed by atoms with E-state index in [1.807, 2.05) is 6.92 Å². The first-order valence-electron chi connectivity index (χ1n) is 28.8. The number of aliphatic hydroxyl groups excluding tert-OH is 1. The molecule has 0 amide bonds. The van der Waals surface area contributed by atoms with Crippen LogP contribution in [0.25, 0.3) is 0 Å². The fraction of sp³-hybridized carbons (Fsp3) is 0.963. The number of carbonyl (C=O) groups is 2. The van der Waals surface area contributed by atoms with Crippen molar-refractivity contribution in [1.82, 2.24) is 0 Å².